The van der Waals surface area contributed by atoms with Gasteiger partial charge < -0.3 is 10.5 Å². The summed E-state index contributed by atoms with van der Waals surface area (Å²) in [4.78, 5) is 3.99. The first-order chi connectivity index (χ1) is 5.83. The van der Waals surface area contributed by atoms with Crippen LogP contribution in [0.3, 0.4) is 0 Å². The van der Waals surface area contributed by atoms with Crippen LogP contribution in [0.5, 0.6) is 0 Å². The highest BCUT2D eigenvalue weighted by molar-refractivity contribution is 5.72. The van der Waals surface area contributed by atoms with Gasteiger partial charge in [0, 0.05) is 0 Å². The molecule has 0 amide bonds. The van der Waals surface area contributed by atoms with E-state index in [2.05, 4.69) is 11.9 Å². The van der Waals surface area contributed by atoms with E-state index in [1.807, 2.05) is 0 Å². The fourth-order valence-electron chi connectivity index (χ4n) is 1.39. The first-order valence-electron chi connectivity index (χ1n) is 4.79. The smallest absolute Gasteiger partial charge is 0.282 e. The fraction of sp³-hybridized carbons (Fsp3) is 0.889. The summed E-state index contributed by atoms with van der Waals surface area (Å²) in [5.41, 5.74) is 5.38. The molecule has 0 radical (unpaired) electrons. The maximum atomic E-state index is 5.38. The standard InChI is InChI=1S/C9H18N2O/c1-2-3-4-5-6-8-7-11-9(10)12-8/h8H,2-7H2,1H3,(H2,10,11). The van der Waals surface area contributed by atoms with Crippen LogP contribution in [0.25, 0.3) is 0 Å². The maximum Gasteiger partial charge on any atom is 0.282 e. The molecule has 1 rings (SSSR count). The monoisotopic (exact) mass is 170 g/mol. The van der Waals surface area contributed by atoms with Crippen LogP contribution in [0.15, 0.2) is 4.99 Å². The number of hydrogen-bond donors (Lipinski definition) is 1. The van der Waals surface area contributed by atoms with Gasteiger partial charge in [-0.15, -0.1) is 0 Å². The van der Waals surface area contributed by atoms with Gasteiger partial charge in [0.25, 0.3) is 6.02 Å². The highest BCUT2D eigenvalue weighted by atomic mass is 16.5. The summed E-state index contributed by atoms with van der Waals surface area (Å²) in [6.45, 7) is 2.98. The van der Waals surface area contributed by atoms with Gasteiger partial charge in [-0.1, -0.05) is 26.2 Å². The summed E-state index contributed by atoms with van der Waals surface area (Å²) >= 11 is 0. The molecule has 1 aliphatic rings. The predicted octanol–water partition coefficient (Wildman–Crippen LogP) is 1.67. The first-order valence-corrected chi connectivity index (χ1v) is 4.79. The fourth-order valence-corrected chi connectivity index (χ4v) is 1.39. The van der Waals surface area contributed by atoms with Crippen LogP contribution in [-0.4, -0.2) is 18.7 Å². The Morgan fingerprint density at radius 1 is 1.50 bits per heavy atom. The summed E-state index contributed by atoms with van der Waals surface area (Å²) < 4.78 is 5.27. The Bertz CT molecular complexity index is 157. The number of ether oxygens (including phenoxy) is 1. The van der Waals surface area contributed by atoms with E-state index < -0.39 is 0 Å². The van der Waals surface area contributed by atoms with E-state index in [4.69, 9.17) is 10.5 Å². The molecule has 1 atom stereocenters. The van der Waals surface area contributed by atoms with E-state index in [9.17, 15) is 0 Å². The number of unbranched alkanes of at least 4 members (excludes halogenated alkanes) is 3. The lowest BCUT2D eigenvalue weighted by Crippen LogP contribution is -2.17. The number of hydrogen-bond acceptors (Lipinski definition) is 3. The Labute approximate surface area is 74.0 Å². The van der Waals surface area contributed by atoms with Crippen molar-refractivity contribution in [3.63, 3.8) is 0 Å². The molecule has 0 aliphatic carbocycles. The Balaban J connectivity index is 1.95. The quantitative estimate of drug-likeness (QED) is 0.638. The summed E-state index contributed by atoms with van der Waals surface area (Å²) in [6.07, 6.45) is 6.51. The minimum Gasteiger partial charge on any atom is -0.460 e. The summed E-state index contributed by atoms with van der Waals surface area (Å²) in [7, 11) is 0. The van der Waals surface area contributed by atoms with Gasteiger partial charge in [-0.25, -0.2) is 4.99 Å². The Morgan fingerprint density at radius 3 is 2.92 bits per heavy atom. The molecule has 70 valence electrons. The zero-order chi connectivity index (χ0) is 8.81. The lowest BCUT2D eigenvalue weighted by molar-refractivity contribution is 0.205. The van der Waals surface area contributed by atoms with Crippen molar-refractivity contribution in [2.24, 2.45) is 10.7 Å². The van der Waals surface area contributed by atoms with Crippen LogP contribution in [0.2, 0.25) is 0 Å². The second-order valence-corrected chi connectivity index (χ2v) is 3.27. The molecular weight excluding hydrogens is 152 g/mol. The third-order valence-corrected chi connectivity index (χ3v) is 2.12. The molecule has 0 bridgehead atoms. The third-order valence-electron chi connectivity index (χ3n) is 2.12. The molecule has 0 fully saturated rings. The van der Waals surface area contributed by atoms with Crippen molar-refractivity contribution in [2.45, 2.75) is 45.1 Å². The van der Waals surface area contributed by atoms with Crippen molar-refractivity contribution in [3.05, 3.63) is 0 Å². The van der Waals surface area contributed by atoms with E-state index >= 15 is 0 Å². The highest BCUT2D eigenvalue weighted by Crippen LogP contribution is 2.11. The van der Waals surface area contributed by atoms with Gasteiger partial charge in [0.05, 0.1) is 6.54 Å². The van der Waals surface area contributed by atoms with E-state index in [1.165, 1.54) is 25.7 Å². The number of rotatable bonds is 5. The van der Waals surface area contributed by atoms with Crippen molar-refractivity contribution in [1.29, 1.82) is 0 Å². The van der Waals surface area contributed by atoms with Gasteiger partial charge in [-0.2, -0.15) is 0 Å². The second kappa shape index (κ2) is 5.01. The van der Waals surface area contributed by atoms with E-state index in [0.717, 1.165) is 13.0 Å². The molecule has 1 unspecified atom stereocenters. The molecule has 1 aliphatic heterocycles. The van der Waals surface area contributed by atoms with Crippen molar-refractivity contribution >= 4 is 6.02 Å². The Morgan fingerprint density at radius 2 is 2.33 bits per heavy atom. The zero-order valence-electron chi connectivity index (χ0n) is 7.75. The van der Waals surface area contributed by atoms with Gasteiger partial charge >= 0.3 is 0 Å². The summed E-state index contributed by atoms with van der Waals surface area (Å²) in [5.74, 6) is 0. The average Bonchev–Trinajstić information content (AvgIpc) is 2.45. The number of amidine groups is 1. The first kappa shape index (κ1) is 9.36. The van der Waals surface area contributed by atoms with Crippen molar-refractivity contribution < 1.29 is 4.74 Å². The molecule has 0 aromatic heterocycles. The van der Waals surface area contributed by atoms with Crippen LogP contribution in [0, 0.1) is 0 Å². The normalized spacial score (nSPS) is 22.1. The van der Waals surface area contributed by atoms with E-state index in [1.54, 1.807) is 0 Å². The van der Waals surface area contributed by atoms with Crippen LogP contribution in [0.1, 0.15) is 39.0 Å². The van der Waals surface area contributed by atoms with Gasteiger partial charge in [-0.05, 0) is 12.8 Å². The molecule has 2 N–H and O–H groups in total. The highest BCUT2D eigenvalue weighted by Gasteiger charge is 2.16. The molecule has 0 spiro atoms. The summed E-state index contributed by atoms with van der Waals surface area (Å²) in [5, 5.41) is 0. The van der Waals surface area contributed by atoms with Gasteiger partial charge in [0.2, 0.25) is 0 Å². The Hall–Kier alpha value is -0.730. The van der Waals surface area contributed by atoms with E-state index in [-0.39, 0.29) is 6.10 Å². The minimum absolute atomic E-state index is 0.266. The molecule has 1 heterocycles. The largest absolute Gasteiger partial charge is 0.460 e. The lowest BCUT2D eigenvalue weighted by atomic mass is 10.1. The molecule has 3 nitrogen and oxygen atoms in total. The Kier molecular flexibility index (Phi) is 3.91. The molecular formula is C9H18N2O. The van der Waals surface area contributed by atoms with Crippen molar-refractivity contribution in [1.82, 2.24) is 0 Å². The minimum atomic E-state index is 0.266. The van der Waals surface area contributed by atoms with Crippen LogP contribution < -0.4 is 5.73 Å². The number of aliphatic imine (C=N–C) groups is 1. The number of nitrogens with zero attached hydrogens (tertiary/aromatic N) is 1. The molecule has 12 heavy (non-hydrogen) atoms. The van der Waals surface area contributed by atoms with Gasteiger partial charge in [0.1, 0.15) is 6.10 Å². The SMILES string of the molecule is CCCCCCC1CN=C(N)O1. The van der Waals surface area contributed by atoms with Gasteiger partial charge in [-0.3, -0.25) is 0 Å². The van der Waals surface area contributed by atoms with Gasteiger partial charge in [0.15, 0.2) is 0 Å². The topological polar surface area (TPSA) is 47.6 Å². The summed E-state index contributed by atoms with van der Waals surface area (Å²) in [6, 6.07) is 0.371. The van der Waals surface area contributed by atoms with Crippen molar-refractivity contribution in [2.75, 3.05) is 6.54 Å². The average molecular weight is 170 g/mol. The molecule has 0 aromatic carbocycles. The molecule has 0 aromatic rings. The lowest BCUT2D eigenvalue weighted by Gasteiger charge is -2.08. The molecule has 3 heteroatoms. The zero-order valence-corrected chi connectivity index (χ0v) is 7.75. The third kappa shape index (κ3) is 3.11. The van der Waals surface area contributed by atoms with Crippen LogP contribution >= 0.6 is 0 Å². The number of nitrogens with two attached hydrogens (primary N) is 1. The molecule has 0 saturated heterocycles. The van der Waals surface area contributed by atoms with E-state index in [0.29, 0.717) is 6.02 Å². The predicted molar refractivity (Wildman–Crippen MR) is 50.1 cm³/mol. The maximum absolute atomic E-state index is 5.38. The second-order valence-electron chi connectivity index (χ2n) is 3.27. The van der Waals surface area contributed by atoms with Crippen LogP contribution in [0.4, 0.5) is 0 Å². The van der Waals surface area contributed by atoms with Crippen LogP contribution in [-0.2, 0) is 4.74 Å². The van der Waals surface area contributed by atoms with Crippen molar-refractivity contribution in [3.8, 4) is 0 Å². The molecule has 0 saturated carbocycles.